The first-order chi connectivity index (χ1) is 14.7. The highest BCUT2D eigenvalue weighted by atomic mass is 35.5. The predicted octanol–water partition coefficient (Wildman–Crippen LogP) is 4.77. The number of aromatic nitrogens is 3. The first kappa shape index (κ1) is 19.2. The summed E-state index contributed by atoms with van der Waals surface area (Å²) >= 11 is 7.54. The van der Waals surface area contributed by atoms with E-state index >= 15 is 0 Å². The molecule has 1 aliphatic rings. The fourth-order valence-electron chi connectivity index (χ4n) is 3.71. The van der Waals surface area contributed by atoms with Gasteiger partial charge in [0.25, 0.3) is 5.56 Å². The summed E-state index contributed by atoms with van der Waals surface area (Å²) in [5.41, 5.74) is 4.72. The molecule has 5 rings (SSSR count). The summed E-state index contributed by atoms with van der Waals surface area (Å²) in [6, 6.07) is 15.7. The molecule has 3 aromatic heterocycles. The van der Waals surface area contributed by atoms with E-state index in [4.69, 9.17) is 16.6 Å². The van der Waals surface area contributed by atoms with E-state index in [1.807, 2.05) is 54.0 Å². The summed E-state index contributed by atoms with van der Waals surface area (Å²) in [6.45, 7) is 2.22. The van der Waals surface area contributed by atoms with E-state index < -0.39 is 0 Å². The number of benzene rings is 1. The minimum atomic E-state index is -0.0377. The van der Waals surface area contributed by atoms with Crippen molar-refractivity contribution < 1.29 is 0 Å². The summed E-state index contributed by atoms with van der Waals surface area (Å²) in [4.78, 5) is 28.2. The van der Waals surface area contributed by atoms with Gasteiger partial charge in [-0.25, -0.2) is 4.98 Å². The zero-order valence-electron chi connectivity index (χ0n) is 16.1. The Morgan fingerprint density at radius 1 is 1.13 bits per heavy atom. The Morgan fingerprint density at radius 2 is 2.00 bits per heavy atom. The van der Waals surface area contributed by atoms with Crippen LogP contribution in [0.4, 0.5) is 0 Å². The molecule has 0 aliphatic carbocycles. The zero-order chi connectivity index (χ0) is 20.5. The number of nitrogens with zero attached hydrogens (tertiary/aromatic N) is 3. The number of fused-ring (bicyclic) bond motifs is 1. The maximum Gasteiger partial charge on any atom is 0.255 e. The van der Waals surface area contributed by atoms with Crippen LogP contribution in [0, 0.1) is 0 Å². The maximum atomic E-state index is 12.7. The smallest absolute Gasteiger partial charge is 0.255 e. The molecule has 0 atom stereocenters. The number of hydrogen-bond donors (Lipinski definition) is 1. The monoisotopic (exact) mass is 434 g/mol. The van der Waals surface area contributed by atoms with Crippen molar-refractivity contribution in [1.29, 1.82) is 0 Å². The zero-order valence-corrected chi connectivity index (χ0v) is 17.7. The highest BCUT2D eigenvalue weighted by Crippen LogP contribution is 2.24. The lowest BCUT2D eigenvalue weighted by Crippen LogP contribution is -2.35. The van der Waals surface area contributed by atoms with Gasteiger partial charge in [0, 0.05) is 42.8 Å². The molecule has 0 unspecified atom stereocenters. The summed E-state index contributed by atoms with van der Waals surface area (Å²) < 4.78 is 0. The van der Waals surface area contributed by atoms with Crippen LogP contribution in [0.2, 0.25) is 5.02 Å². The van der Waals surface area contributed by atoms with Gasteiger partial charge in [-0.15, -0.1) is 11.3 Å². The van der Waals surface area contributed by atoms with Crippen LogP contribution in [0.3, 0.4) is 0 Å². The molecule has 1 aromatic carbocycles. The molecule has 0 spiro atoms. The quantitative estimate of drug-likeness (QED) is 0.502. The molecule has 150 valence electrons. The Labute approximate surface area is 183 Å². The minimum Gasteiger partial charge on any atom is -0.306 e. The van der Waals surface area contributed by atoms with E-state index in [0.29, 0.717) is 17.4 Å². The average Bonchev–Trinajstić information content (AvgIpc) is 3.30. The SMILES string of the molecule is O=c1[nH]c(-c2cccs2)nc2c1CN(Cc1ccc(-c3ccc(Cl)cc3)nc1)CC2. The first-order valence-electron chi connectivity index (χ1n) is 9.75. The van der Waals surface area contributed by atoms with Crippen LogP contribution in [-0.2, 0) is 19.5 Å². The van der Waals surface area contributed by atoms with E-state index in [2.05, 4.69) is 20.9 Å². The fourth-order valence-corrected chi connectivity index (χ4v) is 4.51. The van der Waals surface area contributed by atoms with Gasteiger partial charge in [-0.1, -0.05) is 35.9 Å². The molecule has 1 N–H and O–H groups in total. The van der Waals surface area contributed by atoms with Crippen LogP contribution in [0.15, 0.2) is 64.9 Å². The predicted molar refractivity (Wildman–Crippen MR) is 121 cm³/mol. The molecule has 7 heteroatoms. The Hall–Kier alpha value is -2.80. The van der Waals surface area contributed by atoms with Gasteiger partial charge in [-0.2, -0.15) is 0 Å². The standard InChI is InChI=1S/C23H19ClN4OS/c24-17-6-4-16(5-7-17)19-8-3-15(12-25-19)13-28-10-9-20-18(14-28)23(29)27-22(26-20)21-2-1-11-30-21/h1-8,11-12H,9-10,13-14H2,(H,26,27,29). The normalized spacial score (nSPS) is 13.9. The lowest BCUT2D eigenvalue weighted by molar-refractivity contribution is 0.241. The van der Waals surface area contributed by atoms with Crippen LogP contribution < -0.4 is 5.56 Å². The van der Waals surface area contributed by atoms with Crippen molar-refractivity contribution in [3.05, 3.63) is 92.3 Å². The third-order valence-electron chi connectivity index (χ3n) is 5.27. The molecule has 4 heterocycles. The molecule has 0 amide bonds. The largest absolute Gasteiger partial charge is 0.306 e. The second-order valence-corrected chi connectivity index (χ2v) is 8.72. The van der Waals surface area contributed by atoms with Crippen LogP contribution in [0.25, 0.3) is 22.0 Å². The van der Waals surface area contributed by atoms with Gasteiger partial charge >= 0.3 is 0 Å². The molecule has 0 saturated carbocycles. The Balaban J connectivity index is 1.31. The summed E-state index contributed by atoms with van der Waals surface area (Å²) in [6.07, 6.45) is 2.68. The molecule has 5 nitrogen and oxygen atoms in total. The third kappa shape index (κ3) is 3.94. The number of rotatable bonds is 4. The highest BCUT2D eigenvalue weighted by Gasteiger charge is 2.22. The van der Waals surface area contributed by atoms with Crippen molar-refractivity contribution in [2.75, 3.05) is 6.54 Å². The number of hydrogen-bond acceptors (Lipinski definition) is 5. The molecule has 1 aliphatic heterocycles. The van der Waals surface area contributed by atoms with Gasteiger partial charge in [0.2, 0.25) is 0 Å². The van der Waals surface area contributed by atoms with Crippen molar-refractivity contribution in [2.45, 2.75) is 19.5 Å². The van der Waals surface area contributed by atoms with E-state index in [9.17, 15) is 4.79 Å². The summed E-state index contributed by atoms with van der Waals surface area (Å²) in [5, 5.41) is 2.70. The Kier molecular flexibility index (Phi) is 5.21. The van der Waals surface area contributed by atoms with E-state index in [1.165, 1.54) is 0 Å². The van der Waals surface area contributed by atoms with Gasteiger partial charge in [-0.05, 0) is 35.2 Å². The number of H-pyrrole nitrogens is 1. The van der Waals surface area contributed by atoms with E-state index in [1.54, 1.807) is 11.3 Å². The Morgan fingerprint density at radius 3 is 2.73 bits per heavy atom. The van der Waals surface area contributed by atoms with Gasteiger partial charge < -0.3 is 4.98 Å². The van der Waals surface area contributed by atoms with Crippen LogP contribution in [0.1, 0.15) is 16.8 Å². The molecule has 0 saturated heterocycles. The van der Waals surface area contributed by atoms with Gasteiger partial charge in [0.15, 0.2) is 5.82 Å². The summed E-state index contributed by atoms with van der Waals surface area (Å²) in [5.74, 6) is 0.671. The van der Waals surface area contributed by atoms with Crippen molar-refractivity contribution in [2.24, 2.45) is 0 Å². The number of aromatic amines is 1. The van der Waals surface area contributed by atoms with Crippen LogP contribution in [0.5, 0.6) is 0 Å². The fraction of sp³-hybridized carbons (Fsp3) is 0.174. The number of thiophene rings is 1. The number of pyridine rings is 1. The first-order valence-corrected chi connectivity index (χ1v) is 11.0. The van der Waals surface area contributed by atoms with Crippen molar-refractivity contribution in [1.82, 2.24) is 19.9 Å². The molecule has 0 fully saturated rings. The minimum absolute atomic E-state index is 0.0377. The van der Waals surface area contributed by atoms with Crippen LogP contribution in [-0.4, -0.2) is 26.4 Å². The molecular weight excluding hydrogens is 416 g/mol. The molecular formula is C23H19ClN4OS. The van der Waals surface area contributed by atoms with Gasteiger partial charge in [0.05, 0.1) is 21.8 Å². The summed E-state index contributed by atoms with van der Waals surface area (Å²) in [7, 11) is 0. The van der Waals surface area contributed by atoms with Gasteiger partial charge in [-0.3, -0.25) is 14.7 Å². The lowest BCUT2D eigenvalue weighted by atomic mass is 10.1. The topological polar surface area (TPSA) is 61.9 Å². The van der Waals surface area contributed by atoms with Crippen molar-refractivity contribution in [3.63, 3.8) is 0 Å². The second kappa shape index (κ2) is 8.14. The maximum absolute atomic E-state index is 12.7. The lowest BCUT2D eigenvalue weighted by Gasteiger charge is -2.27. The molecule has 4 aromatic rings. The molecule has 0 radical (unpaired) electrons. The van der Waals surface area contributed by atoms with Crippen molar-refractivity contribution >= 4 is 22.9 Å². The third-order valence-corrected chi connectivity index (χ3v) is 6.40. The van der Waals surface area contributed by atoms with E-state index in [-0.39, 0.29) is 5.56 Å². The number of halogens is 1. The van der Waals surface area contributed by atoms with Crippen molar-refractivity contribution in [3.8, 4) is 22.0 Å². The average molecular weight is 435 g/mol. The van der Waals surface area contributed by atoms with E-state index in [0.717, 1.165) is 52.5 Å². The van der Waals surface area contributed by atoms with Crippen LogP contribution >= 0.6 is 22.9 Å². The molecule has 30 heavy (non-hydrogen) atoms. The highest BCUT2D eigenvalue weighted by molar-refractivity contribution is 7.13. The Bertz CT molecular complexity index is 1220. The second-order valence-electron chi connectivity index (χ2n) is 7.34. The molecule has 0 bridgehead atoms. The van der Waals surface area contributed by atoms with Gasteiger partial charge in [0.1, 0.15) is 0 Å². The number of nitrogens with one attached hydrogen (secondary N) is 1.